The number of hydrogen-bond donors (Lipinski definition) is 2. The highest BCUT2D eigenvalue weighted by Crippen LogP contribution is 2.17. The van der Waals surface area contributed by atoms with Crippen molar-refractivity contribution in [2.24, 2.45) is 4.99 Å². The Morgan fingerprint density at radius 2 is 2.00 bits per heavy atom. The molecule has 134 valence electrons. The van der Waals surface area contributed by atoms with Crippen molar-refractivity contribution in [2.45, 2.75) is 38.3 Å². The SMILES string of the molecule is CSCCNC(=NCc1ccc([N+](=O)[O-])cc1)NC1CCCC1.I. The molecule has 1 aliphatic carbocycles. The van der Waals surface area contributed by atoms with E-state index in [1.54, 1.807) is 23.9 Å². The molecule has 0 aliphatic heterocycles. The summed E-state index contributed by atoms with van der Waals surface area (Å²) in [5, 5.41) is 17.5. The van der Waals surface area contributed by atoms with Crippen molar-refractivity contribution in [3.05, 3.63) is 39.9 Å². The Labute approximate surface area is 164 Å². The molecule has 0 bridgehead atoms. The zero-order valence-electron chi connectivity index (χ0n) is 13.9. The third kappa shape index (κ3) is 7.25. The molecule has 0 atom stereocenters. The van der Waals surface area contributed by atoms with Gasteiger partial charge >= 0.3 is 0 Å². The number of thioether (sulfide) groups is 1. The summed E-state index contributed by atoms with van der Waals surface area (Å²) in [5.74, 6) is 1.87. The van der Waals surface area contributed by atoms with E-state index in [9.17, 15) is 10.1 Å². The van der Waals surface area contributed by atoms with Gasteiger partial charge in [0.1, 0.15) is 0 Å². The number of hydrogen-bond acceptors (Lipinski definition) is 4. The molecule has 6 nitrogen and oxygen atoms in total. The molecule has 8 heteroatoms. The van der Waals surface area contributed by atoms with Gasteiger partial charge in [-0.25, -0.2) is 4.99 Å². The van der Waals surface area contributed by atoms with E-state index in [1.165, 1.54) is 37.8 Å². The minimum atomic E-state index is -0.385. The van der Waals surface area contributed by atoms with E-state index >= 15 is 0 Å². The average Bonchev–Trinajstić information content (AvgIpc) is 3.06. The number of nitro groups is 1. The van der Waals surface area contributed by atoms with Gasteiger partial charge in [-0.3, -0.25) is 10.1 Å². The Morgan fingerprint density at radius 1 is 1.33 bits per heavy atom. The minimum absolute atomic E-state index is 0. The molecular formula is C16H25IN4O2S. The third-order valence-electron chi connectivity index (χ3n) is 3.86. The van der Waals surface area contributed by atoms with E-state index in [0.717, 1.165) is 23.8 Å². The molecule has 2 rings (SSSR count). The Balaban J connectivity index is 0.00000288. The first-order valence-corrected chi connectivity index (χ1v) is 9.35. The fraction of sp³-hybridized carbons (Fsp3) is 0.562. The van der Waals surface area contributed by atoms with E-state index in [-0.39, 0.29) is 34.6 Å². The number of aliphatic imine (C=N–C) groups is 1. The molecule has 0 unspecified atom stereocenters. The summed E-state index contributed by atoms with van der Waals surface area (Å²) in [4.78, 5) is 14.9. The van der Waals surface area contributed by atoms with Gasteiger partial charge in [-0.1, -0.05) is 25.0 Å². The number of nitro benzene ring substituents is 1. The highest BCUT2D eigenvalue weighted by Gasteiger charge is 2.15. The Hall–Kier alpha value is -1.03. The molecule has 0 aromatic heterocycles. The van der Waals surface area contributed by atoms with Gasteiger partial charge in [0, 0.05) is 30.5 Å². The molecule has 1 aromatic rings. The summed E-state index contributed by atoms with van der Waals surface area (Å²) in [6.07, 6.45) is 7.03. The fourth-order valence-corrected chi connectivity index (χ4v) is 2.89. The number of guanidine groups is 1. The van der Waals surface area contributed by atoms with Crippen molar-refractivity contribution in [1.82, 2.24) is 10.6 Å². The van der Waals surface area contributed by atoms with Crippen LogP contribution in [0.1, 0.15) is 31.2 Å². The van der Waals surface area contributed by atoms with Crippen LogP contribution >= 0.6 is 35.7 Å². The van der Waals surface area contributed by atoms with Gasteiger partial charge in [-0.05, 0) is 24.7 Å². The highest BCUT2D eigenvalue weighted by molar-refractivity contribution is 14.0. The Morgan fingerprint density at radius 3 is 2.58 bits per heavy atom. The van der Waals surface area contributed by atoms with Gasteiger partial charge in [0.15, 0.2) is 5.96 Å². The van der Waals surface area contributed by atoms with Crippen LogP contribution in [-0.4, -0.2) is 35.5 Å². The summed E-state index contributed by atoms with van der Waals surface area (Å²) in [6, 6.07) is 7.08. The summed E-state index contributed by atoms with van der Waals surface area (Å²) < 4.78 is 0. The number of nitrogens with zero attached hydrogens (tertiary/aromatic N) is 2. The molecule has 1 saturated carbocycles. The summed E-state index contributed by atoms with van der Waals surface area (Å²) in [5.41, 5.74) is 1.08. The van der Waals surface area contributed by atoms with Crippen LogP contribution in [0.2, 0.25) is 0 Å². The number of halogens is 1. The van der Waals surface area contributed by atoms with Crippen molar-refractivity contribution in [2.75, 3.05) is 18.6 Å². The van der Waals surface area contributed by atoms with Crippen LogP contribution in [0.4, 0.5) is 5.69 Å². The van der Waals surface area contributed by atoms with E-state index in [1.807, 2.05) is 0 Å². The summed E-state index contributed by atoms with van der Waals surface area (Å²) in [7, 11) is 0. The van der Waals surface area contributed by atoms with Crippen LogP contribution in [0, 0.1) is 10.1 Å². The van der Waals surface area contributed by atoms with Gasteiger partial charge < -0.3 is 10.6 Å². The normalized spacial score (nSPS) is 15.0. The molecule has 0 spiro atoms. The van der Waals surface area contributed by atoms with Crippen molar-refractivity contribution < 1.29 is 4.92 Å². The third-order valence-corrected chi connectivity index (χ3v) is 4.47. The molecule has 2 N–H and O–H groups in total. The smallest absolute Gasteiger partial charge is 0.269 e. The fourth-order valence-electron chi connectivity index (χ4n) is 2.58. The number of rotatable bonds is 7. The zero-order chi connectivity index (χ0) is 16.5. The van der Waals surface area contributed by atoms with Gasteiger partial charge in [0.25, 0.3) is 5.69 Å². The van der Waals surface area contributed by atoms with Gasteiger partial charge in [0.2, 0.25) is 0 Å². The number of benzene rings is 1. The first-order valence-electron chi connectivity index (χ1n) is 7.96. The van der Waals surface area contributed by atoms with Gasteiger partial charge in [-0.2, -0.15) is 11.8 Å². The summed E-state index contributed by atoms with van der Waals surface area (Å²) >= 11 is 1.80. The van der Waals surface area contributed by atoms with Crippen LogP contribution < -0.4 is 10.6 Å². The second-order valence-corrected chi connectivity index (χ2v) is 6.62. The van der Waals surface area contributed by atoms with Gasteiger partial charge in [0.05, 0.1) is 11.5 Å². The standard InChI is InChI=1S/C16H24N4O2S.HI/c1-23-11-10-17-16(19-14-4-2-3-5-14)18-12-13-6-8-15(9-7-13)20(21)22;/h6-9,14H,2-5,10-12H2,1H3,(H2,17,18,19);1H. The van der Waals surface area contributed by atoms with Crippen LogP contribution in [-0.2, 0) is 6.54 Å². The van der Waals surface area contributed by atoms with E-state index in [2.05, 4.69) is 21.9 Å². The first kappa shape index (κ1) is 21.0. The second kappa shape index (κ2) is 11.5. The quantitative estimate of drug-likeness (QED) is 0.161. The van der Waals surface area contributed by atoms with Crippen LogP contribution in [0.3, 0.4) is 0 Å². The lowest BCUT2D eigenvalue weighted by molar-refractivity contribution is -0.384. The Bertz CT molecular complexity index is 533. The average molecular weight is 464 g/mol. The van der Waals surface area contributed by atoms with Crippen LogP contribution in [0.15, 0.2) is 29.3 Å². The maximum absolute atomic E-state index is 10.7. The number of non-ortho nitro benzene ring substituents is 1. The predicted molar refractivity (Wildman–Crippen MR) is 111 cm³/mol. The van der Waals surface area contributed by atoms with E-state index in [0.29, 0.717) is 12.6 Å². The largest absolute Gasteiger partial charge is 0.356 e. The minimum Gasteiger partial charge on any atom is -0.356 e. The van der Waals surface area contributed by atoms with E-state index in [4.69, 9.17) is 0 Å². The first-order chi connectivity index (χ1) is 11.2. The molecule has 1 aromatic carbocycles. The second-order valence-electron chi connectivity index (χ2n) is 5.63. The highest BCUT2D eigenvalue weighted by atomic mass is 127. The molecular weight excluding hydrogens is 439 g/mol. The van der Waals surface area contributed by atoms with Crippen LogP contribution in [0.5, 0.6) is 0 Å². The predicted octanol–water partition coefficient (Wildman–Crippen LogP) is 3.55. The topological polar surface area (TPSA) is 79.6 Å². The molecule has 0 heterocycles. The maximum Gasteiger partial charge on any atom is 0.269 e. The molecule has 24 heavy (non-hydrogen) atoms. The Kier molecular flexibility index (Phi) is 10.1. The lowest BCUT2D eigenvalue weighted by Crippen LogP contribution is -2.43. The lowest BCUT2D eigenvalue weighted by Gasteiger charge is -2.17. The van der Waals surface area contributed by atoms with Crippen molar-refractivity contribution in [3.8, 4) is 0 Å². The monoisotopic (exact) mass is 464 g/mol. The van der Waals surface area contributed by atoms with Crippen LogP contribution in [0.25, 0.3) is 0 Å². The van der Waals surface area contributed by atoms with Crippen molar-refractivity contribution in [1.29, 1.82) is 0 Å². The number of nitrogens with one attached hydrogen (secondary N) is 2. The van der Waals surface area contributed by atoms with Crippen molar-refractivity contribution in [3.63, 3.8) is 0 Å². The molecule has 0 saturated heterocycles. The maximum atomic E-state index is 10.7. The molecule has 1 aliphatic rings. The zero-order valence-corrected chi connectivity index (χ0v) is 17.0. The molecule has 0 radical (unpaired) electrons. The molecule has 0 amide bonds. The van der Waals surface area contributed by atoms with Gasteiger partial charge in [-0.15, -0.1) is 24.0 Å². The van der Waals surface area contributed by atoms with E-state index < -0.39 is 0 Å². The lowest BCUT2D eigenvalue weighted by atomic mass is 10.2. The summed E-state index contributed by atoms with van der Waals surface area (Å²) in [6.45, 7) is 1.39. The molecule has 1 fully saturated rings. The van der Waals surface area contributed by atoms with Crippen molar-refractivity contribution >= 4 is 47.4 Å².